The first-order valence-corrected chi connectivity index (χ1v) is 16.5. The van der Waals surface area contributed by atoms with E-state index in [1.165, 1.54) is 21.8 Å². The van der Waals surface area contributed by atoms with Crippen LogP contribution in [0.25, 0.3) is 49.7 Å². The molecule has 2 heterocycles. The van der Waals surface area contributed by atoms with Gasteiger partial charge in [0.25, 0.3) is 0 Å². The van der Waals surface area contributed by atoms with Crippen LogP contribution in [0, 0.1) is 22.7 Å². The molecular weight excluding hydrogens is 597 g/mol. The highest BCUT2D eigenvalue weighted by Crippen LogP contribution is 2.56. The van der Waals surface area contributed by atoms with Gasteiger partial charge in [-0.15, -0.1) is 0 Å². The molecule has 4 heteroatoms. The van der Waals surface area contributed by atoms with Gasteiger partial charge in [0.1, 0.15) is 0 Å². The van der Waals surface area contributed by atoms with Crippen LogP contribution in [0.2, 0.25) is 0 Å². The van der Waals surface area contributed by atoms with E-state index in [9.17, 15) is 10.5 Å². The van der Waals surface area contributed by atoms with Crippen LogP contribution in [0.15, 0.2) is 158 Å². The van der Waals surface area contributed by atoms with Crippen LogP contribution < -0.4 is 4.90 Å². The third kappa shape index (κ3) is 4.28. The molecule has 9 rings (SSSR count). The molecule has 7 aromatic rings. The van der Waals surface area contributed by atoms with Crippen molar-refractivity contribution in [2.24, 2.45) is 0 Å². The summed E-state index contributed by atoms with van der Waals surface area (Å²) in [6.45, 7) is 2.26. The van der Waals surface area contributed by atoms with E-state index in [0.717, 1.165) is 44.9 Å². The topological polar surface area (TPSA) is 55.8 Å². The number of hydrogen-bond donors (Lipinski definition) is 0. The summed E-state index contributed by atoms with van der Waals surface area (Å²) >= 11 is 0. The number of rotatable bonds is 4. The Hall–Kier alpha value is -6.62. The number of para-hydroxylation sites is 3. The highest BCUT2D eigenvalue weighted by Gasteiger charge is 2.47. The van der Waals surface area contributed by atoms with Crippen LogP contribution >= 0.6 is 0 Å². The largest absolute Gasteiger partial charge is 0.330 e. The Morgan fingerprint density at radius 1 is 0.592 bits per heavy atom. The van der Waals surface area contributed by atoms with Crippen molar-refractivity contribution in [2.75, 3.05) is 4.90 Å². The van der Waals surface area contributed by atoms with Crippen molar-refractivity contribution in [3.63, 3.8) is 0 Å². The number of anilines is 2. The zero-order chi connectivity index (χ0) is 33.1. The second-order valence-corrected chi connectivity index (χ2v) is 13.0. The Morgan fingerprint density at radius 2 is 1.24 bits per heavy atom. The van der Waals surface area contributed by atoms with Crippen LogP contribution in [-0.2, 0) is 0 Å². The first kappa shape index (κ1) is 28.6. The second kappa shape index (κ2) is 11.0. The van der Waals surface area contributed by atoms with Crippen molar-refractivity contribution < 1.29 is 0 Å². The smallest absolute Gasteiger partial charge is 0.0991 e. The summed E-state index contributed by atoms with van der Waals surface area (Å²) in [6.07, 6.45) is 8.72. The zero-order valence-corrected chi connectivity index (χ0v) is 26.9. The van der Waals surface area contributed by atoms with E-state index >= 15 is 0 Å². The fourth-order valence-electron chi connectivity index (χ4n) is 8.06. The van der Waals surface area contributed by atoms with Crippen LogP contribution in [0.3, 0.4) is 0 Å². The molecule has 0 spiro atoms. The van der Waals surface area contributed by atoms with E-state index in [-0.39, 0.29) is 11.5 Å². The SMILES string of the molecule is CC12C=CC=CC1c1cc(C#N)ccc1N2c1ccccc1-c1cc(C#N)ccc1-c1ccc(-n2c3ccccc3c3ccccc32)cc1. The van der Waals surface area contributed by atoms with Crippen molar-refractivity contribution >= 4 is 33.2 Å². The lowest BCUT2D eigenvalue weighted by Crippen LogP contribution is -2.42. The summed E-state index contributed by atoms with van der Waals surface area (Å²) < 4.78 is 2.33. The average Bonchev–Trinajstić information content (AvgIpc) is 3.63. The van der Waals surface area contributed by atoms with Crippen molar-refractivity contribution in [2.45, 2.75) is 18.4 Å². The third-order valence-electron chi connectivity index (χ3n) is 10.3. The molecule has 0 saturated heterocycles. The number of hydrogen-bond acceptors (Lipinski definition) is 3. The van der Waals surface area contributed by atoms with Gasteiger partial charge < -0.3 is 9.47 Å². The molecule has 4 nitrogen and oxygen atoms in total. The van der Waals surface area contributed by atoms with E-state index < -0.39 is 0 Å². The van der Waals surface area contributed by atoms with Crippen molar-refractivity contribution in [3.8, 4) is 40.1 Å². The molecule has 0 amide bonds. The van der Waals surface area contributed by atoms with E-state index in [1.54, 1.807) is 0 Å². The predicted octanol–water partition coefficient (Wildman–Crippen LogP) is 11.0. The maximum absolute atomic E-state index is 10.0. The molecule has 0 fully saturated rings. The highest BCUT2D eigenvalue weighted by molar-refractivity contribution is 6.09. The fraction of sp³-hybridized carbons (Fsp3) is 0.0667. The number of nitrogens with zero attached hydrogens (tertiary/aromatic N) is 4. The number of nitriles is 2. The number of benzene rings is 6. The van der Waals surface area contributed by atoms with Gasteiger partial charge in [0.15, 0.2) is 0 Å². The summed E-state index contributed by atoms with van der Waals surface area (Å²) in [6, 6.07) is 51.1. The zero-order valence-electron chi connectivity index (χ0n) is 26.9. The molecular formula is C45H30N4. The van der Waals surface area contributed by atoms with E-state index in [4.69, 9.17) is 0 Å². The molecule has 230 valence electrons. The predicted molar refractivity (Wildman–Crippen MR) is 199 cm³/mol. The molecule has 2 unspecified atom stereocenters. The summed E-state index contributed by atoms with van der Waals surface area (Å²) in [7, 11) is 0. The minimum atomic E-state index is -0.377. The molecule has 1 aliphatic carbocycles. The monoisotopic (exact) mass is 626 g/mol. The third-order valence-corrected chi connectivity index (χ3v) is 10.3. The molecule has 0 N–H and O–H groups in total. The summed E-state index contributed by atoms with van der Waals surface area (Å²) in [4.78, 5) is 2.41. The van der Waals surface area contributed by atoms with Gasteiger partial charge in [0.2, 0.25) is 0 Å². The number of allylic oxidation sites excluding steroid dienone is 2. The Kier molecular flexibility index (Phi) is 6.41. The second-order valence-electron chi connectivity index (χ2n) is 13.0. The van der Waals surface area contributed by atoms with Gasteiger partial charge in [0.05, 0.1) is 39.8 Å². The molecule has 0 saturated carbocycles. The van der Waals surface area contributed by atoms with Gasteiger partial charge >= 0.3 is 0 Å². The van der Waals surface area contributed by atoms with Gasteiger partial charge in [-0.25, -0.2) is 0 Å². The average molecular weight is 627 g/mol. The molecule has 2 aliphatic rings. The normalized spacial score (nSPS) is 17.5. The Morgan fingerprint density at radius 3 is 1.98 bits per heavy atom. The fourth-order valence-corrected chi connectivity index (χ4v) is 8.06. The van der Waals surface area contributed by atoms with Crippen molar-refractivity contribution in [1.82, 2.24) is 4.57 Å². The lowest BCUT2D eigenvalue weighted by Gasteiger charge is -2.40. The van der Waals surface area contributed by atoms with Gasteiger partial charge in [-0.1, -0.05) is 97.1 Å². The number of aromatic nitrogens is 1. The maximum atomic E-state index is 10.0. The minimum Gasteiger partial charge on any atom is -0.330 e. The van der Waals surface area contributed by atoms with Crippen LogP contribution in [0.5, 0.6) is 0 Å². The Labute approximate surface area is 285 Å². The van der Waals surface area contributed by atoms with Crippen molar-refractivity contribution in [3.05, 3.63) is 174 Å². The summed E-state index contributed by atoms with van der Waals surface area (Å²) in [5.74, 6) is 0.0900. The van der Waals surface area contributed by atoms with Crippen molar-refractivity contribution in [1.29, 1.82) is 10.5 Å². The number of fused-ring (bicyclic) bond motifs is 6. The Balaban J connectivity index is 1.20. The lowest BCUT2D eigenvalue weighted by atomic mass is 9.80. The van der Waals surface area contributed by atoms with E-state index in [1.807, 2.05) is 24.3 Å². The molecule has 1 aliphatic heterocycles. The Bertz CT molecular complexity index is 2550. The maximum Gasteiger partial charge on any atom is 0.0991 e. The quantitative estimate of drug-likeness (QED) is 0.195. The van der Waals surface area contributed by atoms with E-state index in [2.05, 4.69) is 162 Å². The molecule has 6 aromatic carbocycles. The first-order chi connectivity index (χ1) is 24.1. The van der Waals surface area contributed by atoms with Gasteiger partial charge in [-0.05, 0) is 89.8 Å². The van der Waals surface area contributed by atoms with E-state index in [0.29, 0.717) is 11.1 Å². The standard InChI is InChI=1S/C45H30N4/c1-45-25-9-8-13-40(45)39-27-31(29-47)18-24-44(39)49(45)43-16-7-4-12-37(43)38-26-30(28-46)17-23-34(38)32-19-21-33(22-20-32)48-41-14-5-2-10-35(41)36-11-3-6-15-42(36)48/h2-27,40H,1H3. The summed E-state index contributed by atoms with van der Waals surface area (Å²) in [5, 5.41) is 22.2. The van der Waals surface area contributed by atoms with Crippen LogP contribution in [-0.4, -0.2) is 10.1 Å². The highest BCUT2D eigenvalue weighted by atomic mass is 15.2. The van der Waals surface area contributed by atoms with Gasteiger partial charge in [-0.2, -0.15) is 10.5 Å². The summed E-state index contributed by atoms with van der Waals surface area (Å²) in [5.41, 5.74) is 11.8. The lowest BCUT2D eigenvalue weighted by molar-refractivity contribution is 0.542. The molecule has 49 heavy (non-hydrogen) atoms. The minimum absolute atomic E-state index is 0.0900. The van der Waals surface area contributed by atoms with Crippen LogP contribution in [0.1, 0.15) is 29.5 Å². The van der Waals surface area contributed by atoms with Gasteiger partial charge in [0, 0.05) is 39.3 Å². The van der Waals surface area contributed by atoms with Crippen LogP contribution in [0.4, 0.5) is 11.4 Å². The molecule has 2 atom stereocenters. The molecule has 0 bridgehead atoms. The van der Waals surface area contributed by atoms with Gasteiger partial charge in [-0.3, -0.25) is 0 Å². The first-order valence-electron chi connectivity index (χ1n) is 16.5. The molecule has 0 radical (unpaired) electrons. The molecule has 1 aromatic heterocycles.